The molecule has 5 rings (SSSR count). The van der Waals surface area contributed by atoms with Gasteiger partial charge in [0.2, 0.25) is 5.91 Å². The number of para-hydroxylation sites is 2. The third kappa shape index (κ3) is 6.30. The molecule has 0 aliphatic rings. The first-order valence-electron chi connectivity index (χ1n) is 12.1. The first kappa shape index (κ1) is 28.8. The summed E-state index contributed by atoms with van der Waals surface area (Å²) in [7, 11) is 2.49. The summed E-state index contributed by atoms with van der Waals surface area (Å²) in [5.74, 6) is -0.405. The summed E-state index contributed by atoms with van der Waals surface area (Å²) < 4.78 is 13.6. The van der Waals surface area contributed by atoms with Gasteiger partial charge >= 0.3 is 11.9 Å². The number of methoxy groups -OCH3 is 2. The fourth-order valence-electron chi connectivity index (χ4n) is 3.89. The number of anilines is 1. The van der Waals surface area contributed by atoms with Crippen LogP contribution in [0.15, 0.2) is 64.1 Å². The Morgan fingerprint density at radius 1 is 0.927 bits per heavy atom. The number of hydrogen-bond acceptors (Lipinski definition) is 12. The van der Waals surface area contributed by atoms with E-state index in [0.29, 0.717) is 22.3 Å². The standard InChI is InChI=1S/C27H23N5O5S4/c1-15-21(24(34)36-2)23(41-22(15)25(35)37-3)29-20(33)14-38-26-31-30-19(32(26)16-9-5-4-6-10-16)13-39-27-28-17-11-7-8-12-18(17)40-27/h4-12H,13-14H2,1-3H3,(H,29,33). The molecule has 0 aliphatic carbocycles. The lowest BCUT2D eigenvalue weighted by Crippen LogP contribution is -2.16. The molecule has 0 saturated heterocycles. The number of ether oxygens (including phenoxy) is 2. The van der Waals surface area contributed by atoms with Gasteiger partial charge < -0.3 is 14.8 Å². The topological polar surface area (TPSA) is 125 Å². The molecule has 0 aliphatic heterocycles. The summed E-state index contributed by atoms with van der Waals surface area (Å²) in [5.41, 5.74) is 2.33. The molecular formula is C27H23N5O5S4. The third-order valence-corrected chi connectivity index (χ3v) is 10.1. The predicted molar refractivity (Wildman–Crippen MR) is 162 cm³/mol. The monoisotopic (exact) mass is 625 g/mol. The molecule has 0 atom stereocenters. The van der Waals surface area contributed by atoms with Gasteiger partial charge in [0.15, 0.2) is 9.50 Å². The number of rotatable bonds is 10. The van der Waals surface area contributed by atoms with Crippen molar-refractivity contribution >= 4 is 79.3 Å². The lowest BCUT2D eigenvalue weighted by atomic mass is 10.1. The Kier molecular flexibility index (Phi) is 9.03. The van der Waals surface area contributed by atoms with Gasteiger partial charge in [-0.15, -0.1) is 32.9 Å². The van der Waals surface area contributed by atoms with E-state index in [4.69, 9.17) is 14.5 Å². The lowest BCUT2D eigenvalue weighted by Gasteiger charge is -2.10. The summed E-state index contributed by atoms with van der Waals surface area (Å²) >= 11 is 5.38. The number of carbonyl (C=O) groups excluding carboxylic acids is 3. The van der Waals surface area contributed by atoms with Gasteiger partial charge in [0.25, 0.3) is 0 Å². The highest BCUT2D eigenvalue weighted by atomic mass is 32.2. The quantitative estimate of drug-likeness (QED) is 0.149. The van der Waals surface area contributed by atoms with Crippen LogP contribution in [0.25, 0.3) is 15.9 Å². The summed E-state index contributed by atoms with van der Waals surface area (Å²) in [4.78, 5) is 42.5. The molecule has 0 fully saturated rings. The number of nitrogens with zero attached hydrogens (tertiary/aromatic N) is 4. The van der Waals surface area contributed by atoms with Crippen molar-refractivity contribution in [1.29, 1.82) is 0 Å². The maximum atomic E-state index is 13.0. The van der Waals surface area contributed by atoms with E-state index >= 15 is 0 Å². The van der Waals surface area contributed by atoms with Crippen molar-refractivity contribution in [2.24, 2.45) is 0 Å². The molecule has 0 saturated carbocycles. The van der Waals surface area contributed by atoms with Crippen molar-refractivity contribution in [3.8, 4) is 5.69 Å². The van der Waals surface area contributed by atoms with Crippen LogP contribution in [0.5, 0.6) is 0 Å². The highest BCUT2D eigenvalue weighted by Gasteiger charge is 2.27. The number of thiazole rings is 1. The number of carbonyl (C=O) groups is 3. The van der Waals surface area contributed by atoms with Crippen LogP contribution in [0.2, 0.25) is 0 Å². The number of thiophene rings is 1. The van der Waals surface area contributed by atoms with Crippen LogP contribution in [0, 0.1) is 6.92 Å². The molecular weight excluding hydrogens is 603 g/mol. The zero-order chi connectivity index (χ0) is 28.9. The van der Waals surface area contributed by atoms with Gasteiger partial charge in [0.1, 0.15) is 15.7 Å². The molecule has 1 N–H and O–H groups in total. The second-order valence-electron chi connectivity index (χ2n) is 8.39. The molecule has 0 radical (unpaired) electrons. The molecule has 14 heteroatoms. The van der Waals surface area contributed by atoms with Crippen molar-refractivity contribution < 1.29 is 23.9 Å². The minimum Gasteiger partial charge on any atom is -0.465 e. The highest BCUT2D eigenvalue weighted by Crippen LogP contribution is 2.35. The van der Waals surface area contributed by atoms with E-state index in [0.717, 1.165) is 31.6 Å². The Morgan fingerprint density at radius 3 is 2.39 bits per heavy atom. The van der Waals surface area contributed by atoms with Crippen molar-refractivity contribution in [2.75, 3.05) is 25.3 Å². The lowest BCUT2D eigenvalue weighted by molar-refractivity contribution is -0.113. The van der Waals surface area contributed by atoms with Gasteiger partial charge in [-0.05, 0) is 36.8 Å². The molecule has 0 bridgehead atoms. The Labute approximate surface area is 251 Å². The second kappa shape index (κ2) is 12.9. The summed E-state index contributed by atoms with van der Waals surface area (Å²) in [6.07, 6.45) is 0. The number of nitrogens with one attached hydrogen (secondary N) is 1. The van der Waals surface area contributed by atoms with Crippen LogP contribution in [0.3, 0.4) is 0 Å². The predicted octanol–water partition coefficient (Wildman–Crippen LogP) is 5.84. The first-order chi connectivity index (χ1) is 19.9. The summed E-state index contributed by atoms with van der Waals surface area (Å²) in [5, 5.41) is 12.3. The van der Waals surface area contributed by atoms with Gasteiger partial charge in [0.05, 0.1) is 41.5 Å². The van der Waals surface area contributed by atoms with Crippen molar-refractivity contribution in [3.05, 3.63) is 76.4 Å². The number of amides is 1. The Hall–Kier alpha value is -3.72. The highest BCUT2D eigenvalue weighted by molar-refractivity contribution is 8.00. The van der Waals surface area contributed by atoms with E-state index in [9.17, 15) is 14.4 Å². The summed E-state index contributed by atoms with van der Waals surface area (Å²) in [6, 6.07) is 17.7. The van der Waals surface area contributed by atoms with Crippen molar-refractivity contribution in [3.63, 3.8) is 0 Å². The third-order valence-electron chi connectivity index (χ3n) is 5.81. The number of aromatic nitrogens is 4. The molecule has 0 spiro atoms. The first-order valence-corrected chi connectivity index (χ1v) is 15.7. The van der Waals surface area contributed by atoms with Gasteiger partial charge in [-0.3, -0.25) is 9.36 Å². The average Bonchev–Trinajstić information content (AvgIpc) is 3.69. The molecule has 3 heterocycles. The number of hydrogen-bond donors (Lipinski definition) is 1. The van der Waals surface area contributed by atoms with E-state index in [2.05, 4.69) is 15.5 Å². The molecule has 41 heavy (non-hydrogen) atoms. The van der Waals surface area contributed by atoms with Crippen LogP contribution in [0.1, 0.15) is 31.4 Å². The largest absolute Gasteiger partial charge is 0.465 e. The van der Waals surface area contributed by atoms with Gasteiger partial charge in [0, 0.05) is 5.69 Å². The fourth-order valence-corrected chi connectivity index (χ4v) is 7.77. The smallest absolute Gasteiger partial charge is 0.348 e. The zero-order valence-corrected chi connectivity index (χ0v) is 25.3. The number of fused-ring (bicyclic) bond motifs is 1. The molecule has 3 aromatic heterocycles. The molecule has 5 aromatic rings. The maximum absolute atomic E-state index is 13.0. The van der Waals surface area contributed by atoms with Gasteiger partial charge in [-0.25, -0.2) is 14.6 Å². The summed E-state index contributed by atoms with van der Waals surface area (Å²) in [6.45, 7) is 1.61. The number of benzene rings is 2. The molecule has 1 amide bonds. The molecule has 2 aromatic carbocycles. The minimum absolute atomic E-state index is 0.0128. The Morgan fingerprint density at radius 2 is 1.66 bits per heavy atom. The van der Waals surface area contributed by atoms with Gasteiger partial charge in [-0.1, -0.05) is 53.9 Å². The van der Waals surface area contributed by atoms with Crippen molar-refractivity contribution in [1.82, 2.24) is 19.7 Å². The van der Waals surface area contributed by atoms with E-state index in [1.54, 1.807) is 30.0 Å². The zero-order valence-electron chi connectivity index (χ0n) is 22.1. The SMILES string of the molecule is COC(=O)c1sc(NC(=O)CSc2nnc(CSc3nc4ccccc4s3)n2-c2ccccc2)c(C(=O)OC)c1C. The van der Waals surface area contributed by atoms with Crippen molar-refractivity contribution in [2.45, 2.75) is 22.2 Å². The number of thioether (sulfide) groups is 2. The van der Waals surface area contributed by atoms with Crippen LogP contribution >= 0.6 is 46.2 Å². The average molecular weight is 626 g/mol. The van der Waals surface area contributed by atoms with E-state index in [1.165, 1.54) is 26.0 Å². The minimum atomic E-state index is -0.657. The van der Waals surface area contributed by atoms with E-state index in [1.807, 2.05) is 59.2 Å². The van der Waals surface area contributed by atoms with Crippen LogP contribution in [0.4, 0.5) is 5.00 Å². The fraction of sp³-hybridized carbons (Fsp3) is 0.185. The van der Waals surface area contributed by atoms with Crippen LogP contribution in [-0.4, -0.2) is 57.6 Å². The molecule has 0 unspecified atom stereocenters. The molecule has 210 valence electrons. The Bertz CT molecular complexity index is 1700. The normalized spacial score (nSPS) is 11.0. The van der Waals surface area contributed by atoms with Gasteiger partial charge in [-0.2, -0.15) is 0 Å². The van der Waals surface area contributed by atoms with E-state index < -0.39 is 11.9 Å². The van der Waals surface area contributed by atoms with Crippen LogP contribution in [-0.2, 0) is 20.0 Å². The van der Waals surface area contributed by atoms with Crippen LogP contribution < -0.4 is 5.32 Å². The second-order valence-corrected chi connectivity index (χ2v) is 12.6. The Balaban J connectivity index is 1.34. The molecule has 10 nitrogen and oxygen atoms in total. The number of esters is 2. The van der Waals surface area contributed by atoms with E-state index in [-0.39, 0.29) is 27.1 Å². The maximum Gasteiger partial charge on any atom is 0.348 e.